The van der Waals surface area contributed by atoms with E-state index in [4.69, 9.17) is 21.1 Å². The number of aromatic nitrogens is 1. The number of hydrogen-bond donors (Lipinski definition) is 0. The number of methoxy groups -OCH3 is 1. The molecule has 3 aromatic rings. The average molecular weight is 501 g/mol. The van der Waals surface area contributed by atoms with E-state index < -0.39 is 17.4 Å². The van der Waals surface area contributed by atoms with Gasteiger partial charge in [-0.2, -0.15) is 0 Å². The van der Waals surface area contributed by atoms with Gasteiger partial charge in [-0.05, 0) is 83.4 Å². The second kappa shape index (κ2) is 9.14. The van der Waals surface area contributed by atoms with Gasteiger partial charge < -0.3 is 9.47 Å². The molecule has 2 aromatic carbocycles. The van der Waals surface area contributed by atoms with Crippen molar-refractivity contribution in [3.63, 3.8) is 0 Å². The van der Waals surface area contributed by atoms with Crippen molar-refractivity contribution < 1.29 is 18.7 Å². The fourth-order valence-corrected chi connectivity index (χ4v) is 5.20. The number of nitrogens with zero attached hydrogens (tertiary/aromatic N) is 2. The molecule has 0 fully saturated rings. The molecule has 1 aliphatic heterocycles. The largest absolute Gasteiger partial charge is 0.496 e. The summed E-state index contributed by atoms with van der Waals surface area (Å²) >= 11 is 6.26. The van der Waals surface area contributed by atoms with E-state index in [1.54, 1.807) is 37.8 Å². The van der Waals surface area contributed by atoms with E-state index in [1.807, 2.05) is 51.1 Å². The number of alkyl halides is 1. The second-order valence-corrected chi connectivity index (χ2v) is 11.4. The van der Waals surface area contributed by atoms with Gasteiger partial charge in [0.2, 0.25) is 0 Å². The van der Waals surface area contributed by atoms with Gasteiger partial charge in [0.15, 0.2) is 0 Å². The molecule has 0 amide bonds. The maximum Gasteiger partial charge on any atom is 0.418 e. The molecule has 1 aliphatic rings. The lowest BCUT2D eigenvalue weighted by Gasteiger charge is -2.44. The molecule has 0 saturated carbocycles. The summed E-state index contributed by atoms with van der Waals surface area (Å²) in [7, 11) is 1.62. The van der Waals surface area contributed by atoms with Crippen molar-refractivity contribution in [1.29, 1.82) is 0 Å². The van der Waals surface area contributed by atoms with Crippen molar-refractivity contribution in [2.75, 3.05) is 13.7 Å². The van der Waals surface area contributed by atoms with Crippen LogP contribution in [0, 0.1) is 0 Å². The summed E-state index contributed by atoms with van der Waals surface area (Å²) < 4.78 is 27.9. The zero-order valence-electron chi connectivity index (χ0n) is 21.5. The summed E-state index contributed by atoms with van der Waals surface area (Å²) in [5, 5.41) is 1.58. The van der Waals surface area contributed by atoms with Crippen LogP contribution in [0.5, 0.6) is 5.75 Å². The minimum absolute atomic E-state index is 0.0541. The van der Waals surface area contributed by atoms with Crippen molar-refractivity contribution in [1.82, 2.24) is 9.47 Å². The topological polar surface area (TPSA) is 43.7 Å². The van der Waals surface area contributed by atoms with E-state index in [0.717, 1.165) is 34.0 Å². The number of ether oxygens (including phenoxy) is 2. The highest BCUT2D eigenvalue weighted by Crippen LogP contribution is 2.45. The Morgan fingerprint density at radius 3 is 2.43 bits per heavy atom. The molecule has 35 heavy (non-hydrogen) atoms. The Labute approximate surface area is 211 Å². The van der Waals surface area contributed by atoms with Crippen LogP contribution in [0.15, 0.2) is 42.6 Å². The maximum absolute atomic E-state index is 15.0. The molecular weight excluding hydrogens is 467 g/mol. The summed E-state index contributed by atoms with van der Waals surface area (Å²) in [5.74, 6) is 0.663. The maximum atomic E-state index is 15.0. The number of hydrogen-bond acceptors (Lipinski definition) is 4. The lowest BCUT2D eigenvalue weighted by molar-refractivity contribution is 0.0544. The third-order valence-corrected chi connectivity index (χ3v) is 6.59. The molecule has 0 N–H and O–H groups in total. The zero-order chi connectivity index (χ0) is 25.7. The first-order valence-corrected chi connectivity index (χ1v) is 12.3. The Morgan fingerprint density at radius 2 is 1.80 bits per heavy atom. The van der Waals surface area contributed by atoms with Crippen molar-refractivity contribution in [2.24, 2.45) is 0 Å². The minimum Gasteiger partial charge on any atom is -0.496 e. The number of carbonyl (C=O) groups is 1. The zero-order valence-corrected chi connectivity index (χ0v) is 22.2. The summed E-state index contributed by atoms with van der Waals surface area (Å²) in [4.78, 5) is 15.0. The predicted octanol–water partition coefficient (Wildman–Crippen LogP) is 7.17. The highest BCUT2D eigenvalue weighted by Gasteiger charge is 2.38. The summed E-state index contributed by atoms with van der Waals surface area (Å²) in [5.41, 5.74) is 1.97. The van der Waals surface area contributed by atoms with Gasteiger partial charge in [-0.3, -0.25) is 9.47 Å². The lowest BCUT2D eigenvalue weighted by atomic mass is 9.82. The molecular formula is C28H34ClFN2O3. The van der Waals surface area contributed by atoms with Gasteiger partial charge in [0, 0.05) is 34.8 Å². The van der Waals surface area contributed by atoms with Gasteiger partial charge in [-0.25, -0.2) is 9.18 Å². The highest BCUT2D eigenvalue weighted by molar-refractivity contribution is 6.30. The first kappa shape index (κ1) is 25.5. The van der Waals surface area contributed by atoms with Crippen LogP contribution in [-0.2, 0) is 11.2 Å². The molecule has 188 valence electrons. The number of halogens is 2. The first-order chi connectivity index (χ1) is 16.3. The third kappa shape index (κ3) is 5.19. The molecule has 5 nitrogen and oxygen atoms in total. The summed E-state index contributed by atoms with van der Waals surface area (Å²) in [6.45, 7) is 11.2. The third-order valence-electron chi connectivity index (χ3n) is 6.35. The molecule has 0 bridgehead atoms. The van der Waals surface area contributed by atoms with Gasteiger partial charge >= 0.3 is 6.09 Å². The average Bonchev–Trinajstić information content (AvgIpc) is 3.17. The van der Waals surface area contributed by atoms with Crippen LogP contribution >= 0.6 is 11.6 Å². The molecule has 0 unspecified atom stereocenters. The summed E-state index contributed by atoms with van der Waals surface area (Å²) in [6, 6.07) is 11.4. The molecule has 0 spiro atoms. The molecule has 7 heteroatoms. The molecule has 0 aliphatic carbocycles. The van der Waals surface area contributed by atoms with Gasteiger partial charge in [-0.1, -0.05) is 23.7 Å². The standard InChI is InChI=1S/C28H34ClFN2O3/c1-17-14-22-19-12-13-31(26(33)35-27(2,3)4)23(19)11-10-20(22)25(32(17)16-28(5,6)30)21-9-8-18(29)15-24(21)34-7/h8-13,15,17,25H,14,16H2,1-7H3/t17-,25+/m1/s1. The van der Waals surface area contributed by atoms with Gasteiger partial charge in [-0.15, -0.1) is 0 Å². The van der Waals surface area contributed by atoms with Crippen LogP contribution in [0.3, 0.4) is 0 Å². The molecule has 0 saturated heterocycles. The fourth-order valence-electron chi connectivity index (χ4n) is 5.03. The van der Waals surface area contributed by atoms with Gasteiger partial charge in [0.05, 0.1) is 18.7 Å². The molecule has 4 rings (SSSR count). The second-order valence-electron chi connectivity index (χ2n) is 11.0. The van der Waals surface area contributed by atoms with E-state index in [2.05, 4.69) is 11.8 Å². The van der Waals surface area contributed by atoms with Crippen molar-refractivity contribution in [2.45, 2.75) is 71.3 Å². The van der Waals surface area contributed by atoms with Crippen LogP contribution < -0.4 is 4.74 Å². The highest BCUT2D eigenvalue weighted by atomic mass is 35.5. The quantitative estimate of drug-likeness (QED) is 0.381. The molecule has 0 radical (unpaired) electrons. The van der Waals surface area contributed by atoms with Crippen molar-refractivity contribution >= 4 is 28.6 Å². The Balaban J connectivity index is 1.89. The predicted molar refractivity (Wildman–Crippen MR) is 138 cm³/mol. The number of fused-ring (bicyclic) bond motifs is 3. The Bertz CT molecular complexity index is 1260. The van der Waals surface area contributed by atoms with E-state index in [0.29, 0.717) is 10.8 Å². The van der Waals surface area contributed by atoms with Crippen LogP contribution in [0.1, 0.15) is 64.3 Å². The van der Waals surface area contributed by atoms with E-state index in [9.17, 15) is 9.18 Å². The van der Waals surface area contributed by atoms with Gasteiger partial charge in [0.1, 0.15) is 17.0 Å². The van der Waals surface area contributed by atoms with E-state index >= 15 is 0 Å². The number of benzene rings is 2. The minimum atomic E-state index is -1.38. The van der Waals surface area contributed by atoms with Gasteiger partial charge in [0.25, 0.3) is 0 Å². The lowest BCUT2D eigenvalue weighted by Crippen LogP contribution is -2.47. The molecule has 1 aromatic heterocycles. The number of carbonyl (C=O) groups excluding carboxylic acids is 1. The normalized spacial score (nSPS) is 19.0. The van der Waals surface area contributed by atoms with Crippen LogP contribution in [0.4, 0.5) is 9.18 Å². The van der Waals surface area contributed by atoms with E-state index in [-0.39, 0.29) is 18.6 Å². The Kier molecular flexibility index (Phi) is 6.66. The molecule has 2 atom stereocenters. The number of rotatable bonds is 4. The molecule has 2 heterocycles. The van der Waals surface area contributed by atoms with Crippen LogP contribution in [0.2, 0.25) is 5.02 Å². The Hall–Kier alpha value is -2.57. The smallest absolute Gasteiger partial charge is 0.418 e. The van der Waals surface area contributed by atoms with Crippen molar-refractivity contribution in [3.8, 4) is 5.75 Å². The van der Waals surface area contributed by atoms with Crippen molar-refractivity contribution in [3.05, 3.63) is 64.3 Å². The Morgan fingerprint density at radius 1 is 1.11 bits per heavy atom. The van der Waals surface area contributed by atoms with Crippen LogP contribution in [-0.4, -0.2) is 46.5 Å². The SMILES string of the molecule is COc1cc(Cl)ccc1[C@@H]1c2ccc3c(ccn3C(=O)OC(C)(C)C)c2C[C@@H](C)N1CC(C)(C)F. The summed E-state index contributed by atoms with van der Waals surface area (Å²) in [6.07, 6.45) is 2.08. The monoisotopic (exact) mass is 500 g/mol. The fraction of sp³-hybridized carbons (Fsp3) is 0.464. The van der Waals surface area contributed by atoms with E-state index in [1.165, 1.54) is 0 Å². The van der Waals surface area contributed by atoms with Crippen LogP contribution in [0.25, 0.3) is 10.9 Å². The first-order valence-electron chi connectivity index (χ1n) is 11.9.